The van der Waals surface area contributed by atoms with Gasteiger partial charge in [0.05, 0.1) is 0 Å². The number of aryl methyl sites for hydroxylation is 1. The number of unbranched alkanes of at least 4 members (excludes halogenated alkanes) is 1. The van der Waals surface area contributed by atoms with E-state index in [1.54, 1.807) is 12.1 Å². The van der Waals surface area contributed by atoms with Crippen LogP contribution in [0.5, 0.6) is 0 Å². The van der Waals surface area contributed by atoms with Crippen molar-refractivity contribution in [1.82, 2.24) is 0 Å². The Morgan fingerprint density at radius 3 is 2.47 bits per heavy atom. The highest BCUT2D eigenvalue weighted by Gasteiger charge is 1.97. The molecule has 0 aromatic heterocycles. The molecule has 0 aliphatic heterocycles. The Labute approximate surface area is 114 Å². The second-order valence-corrected chi connectivity index (χ2v) is 4.78. The van der Waals surface area contributed by atoms with E-state index in [4.69, 9.17) is 0 Å². The third kappa shape index (κ3) is 4.40. The predicted molar refractivity (Wildman–Crippen MR) is 78.8 cm³/mol. The lowest BCUT2D eigenvalue weighted by Crippen LogP contribution is -1.99. The smallest absolute Gasteiger partial charge is 0.123 e. The standard InChI is InChI=1S/C17H20FN/c1-2-3-5-14-8-10-17(11-9-14)19-13-15-6-4-7-16(18)12-15/h4,6-12,19H,2-3,5,13H2,1H3. The van der Waals surface area contributed by atoms with E-state index in [1.807, 2.05) is 6.07 Å². The molecule has 1 nitrogen and oxygen atoms in total. The molecule has 0 heterocycles. The number of hydrogen-bond donors (Lipinski definition) is 1. The summed E-state index contributed by atoms with van der Waals surface area (Å²) in [6, 6.07) is 15.2. The minimum absolute atomic E-state index is 0.186. The Hall–Kier alpha value is -1.83. The molecule has 0 atom stereocenters. The van der Waals surface area contributed by atoms with Crippen molar-refractivity contribution in [2.24, 2.45) is 0 Å². The minimum atomic E-state index is -0.186. The lowest BCUT2D eigenvalue weighted by molar-refractivity contribution is 0.626. The molecule has 0 amide bonds. The fourth-order valence-electron chi connectivity index (χ4n) is 2.02. The first-order valence-corrected chi connectivity index (χ1v) is 6.85. The molecule has 0 saturated heterocycles. The first-order valence-electron chi connectivity index (χ1n) is 6.85. The van der Waals surface area contributed by atoms with Gasteiger partial charge in [0.25, 0.3) is 0 Å². The number of hydrogen-bond acceptors (Lipinski definition) is 1. The molecule has 100 valence electrons. The first kappa shape index (κ1) is 13.6. The maximum Gasteiger partial charge on any atom is 0.123 e. The highest BCUT2D eigenvalue weighted by molar-refractivity contribution is 5.45. The van der Waals surface area contributed by atoms with E-state index in [0.29, 0.717) is 6.54 Å². The number of nitrogens with one attached hydrogen (secondary N) is 1. The van der Waals surface area contributed by atoms with Crippen molar-refractivity contribution in [2.75, 3.05) is 5.32 Å². The molecule has 19 heavy (non-hydrogen) atoms. The Balaban J connectivity index is 1.89. The highest BCUT2D eigenvalue weighted by Crippen LogP contribution is 2.13. The summed E-state index contributed by atoms with van der Waals surface area (Å²) in [5.41, 5.74) is 3.40. The van der Waals surface area contributed by atoms with Gasteiger partial charge in [0.2, 0.25) is 0 Å². The zero-order chi connectivity index (χ0) is 13.5. The van der Waals surface area contributed by atoms with E-state index in [2.05, 4.69) is 36.5 Å². The van der Waals surface area contributed by atoms with Gasteiger partial charge in [-0.25, -0.2) is 4.39 Å². The maximum absolute atomic E-state index is 13.0. The Kier molecular flexibility index (Phi) is 4.96. The zero-order valence-electron chi connectivity index (χ0n) is 11.3. The molecule has 1 N–H and O–H groups in total. The molecule has 0 fully saturated rings. The van der Waals surface area contributed by atoms with Gasteiger partial charge >= 0.3 is 0 Å². The van der Waals surface area contributed by atoms with Gasteiger partial charge in [-0.3, -0.25) is 0 Å². The van der Waals surface area contributed by atoms with Crippen LogP contribution in [0.15, 0.2) is 48.5 Å². The summed E-state index contributed by atoms with van der Waals surface area (Å²) in [6.07, 6.45) is 3.59. The van der Waals surface area contributed by atoms with E-state index in [1.165, 1.54) is 24.5 Å². The Morgan fingerprint density at radius 2 is 1.79 bits per heavy atom. The molecular formula is C17H20FN. The van der Waals surface area contributed by atoms with E-state index >= 15 is 0 Å². The van der Waals surface area contributed by atoms with Crippen LogP contribution in [-0.2, 0) is 13.0 Å². The van der Waals surface area contributed by atoms with Crippen molar-refractivity contribution in [3.63, 3.8) is 0 Å². The predicted octanol–water partition coefficient (Wildman–Crippen LogP) is 4.78. The average molecular weight is 257 g/mol. The topological polar surface area (TPSA) is 12.0 Å². The van der Waals surface area contributed by atoms with Crippen LogP contribution in [0, 0.1) is 5.82 Å². The molecule has 2 heteroatoms. The third-order valence-electron chi connectivity index (χ3n) is 3.16. The van der Waals surface area contributed by atoms with Gasteiger partial charge in [0, 0.05) is 12.2 Å². The van der Waals surface area contributed by atoms with E-state index < -0.39 is 0 Å². The molecule has 2 aromatic rings. The van der Waals surface area contributed by atoms with Gasteiger partial charge in [-0.1, -0.05) is 37.6 Å². The Morgan fingerprint density at radius 1 is 1.00 bits per heavy atom. The summed E-state index contributed by atoms with van der Waals surface area (Å²) in [5.74, 6) is -0.186. The number of rotatable bonds is 6. The summed E-state index contributed by atoms with van der Waals surface area (Å²) >= 11 is 0. The summed E-state index contributed by atoms with van der Waals surface area (Å²) in [7, 11) is 0. The van der Waals surface area contributed by atoms with Crippen LogP contribution in [0.4, 0.5) is 10.1 Å². The average Bonchev–Trinajstić information content (AvgIpc) is 2.44. The van der Waals surface area contributed by atoms with Crippen molar-refractivity contribution >= 4 is 5.69 Å². The Bertz CT molecular complexity index is 505. The number of benzene rings is 2. The molecule has 0 bridgehead atoms. The van der Waals surface area contributed by atoms with Crippen molar-refractivity contribution in [3.05, 3.63) is 65.5 Å². The van der Waals surface area contributed by atoms with Gasteiger partial charge in [0.1, 0.15) is 5.82 Å². The van der Waals surface area contributed by atoms with Crippen molar-refractivity contribution in [2.45, 2.75) is 32.7 Å². The van der Waals surface area contributed by atoms with Crippen LogP contribution in [0.2, 0.25) is 0 Å². The van der Waals surface area contributed by atoms with Crippen LogP contribution in [0.3, 0.4) is 0 Å². The van der Waals surface area contributed by atoms with Gasteiger partial charge < -0.3 is 5.32 Å². The fourth-order valence-corrected chi connectivity index (χ4v) is 2.02. The lowest BCUT2D eigenvalue weighted by atomic mass is 10.1. The molecule has 0 aliphatic rings. The van der Waals surface area contributed by atoms with Gasteiger partial charge in [-0.2, -0.15) is 0 Å². The molecule has 0 saturated carbocycles. The second kappa shape index (κ2) is 6.93. The summed E-state index contributed by atoms with van der Waals surface area (Å²) in [5, 5.41) is 3.30. The second-order valence-electron chi connectivity index (χ2n) is 4.78. The molecule has 0 unspecified atom stereocenters. The minimum Gasteiger partial charge on any atom is -0.381 e. The quantitative estimate of drug-likeness (QED) is 0.785. The van der Waals surface area contributed by atoms with Crippen LogP contribution in [-0.4, -0.2) is 0 Å². The lowest BCUT2D eigenvalue weighted by Gasteiger charge is -2.08. The zero-order valence-corrected chi connectivity index (χ0v) is 11.3. The van der Waals surface area contributed by atoms with Crippen molar-refractivity contribution in [3.8, 4) is 0 Å². The first-order chi connectivity index (χ1) is 9.28. The summed E-state index contributed by atoms with van der Waals surface area (Å²) in [4.78, 5) is 0. The van der Waals surface area contributed by atoms with E-state index in [9.17, 15) is 4.39 Å². The SMILES string of the molecule is CCCCc1ccc(NCc2cccc(F)c2)cc1. The van der Waals surface area contributed by atoms with E-state index in [-0.39, 0.29) is 5.82 Å². The number of anilines is 1. The van der Waals surface area contributed by atoms with Crippen LogP contribution < -0.4 is 5.32 Å². The normalized spacial score (nSPS) is 10.4. The molecular weight excluding hydrogens is 237 g/mol. The monoisotopic (exact) mass is 257 g/mol. The molecule has 2 rings (SSSR count). The fraction of sp³-hybridized carbons (Fsp3) is 0.294. The summed E-state index contributed by atoms with van der Waals surface area (Å²) < 4.78 is 13.0. The number of halogens is 1. The molecule has 0 aliphatic carbocycles. The van der Waals surface area contributed by atoms with Crippen LogP contribution in [0.25, 0.3) is 0 Å². The van der Waals surface area contributed by atoms with E-state index in [0.717, 1.165) is 17.7 Å². The van der Waals surface area contributed by atoms with Crippen LogP contribution in [0.1, 0.15) is 30.9 Å². The molecule has 0 spiro atoms. The molecule has 0 radical (unpaired) electrons. The van der Waals surface area contributed by atoms with Gasteiger partial charge in [0.15, 0.2) is 0 Å². The maximum atomic E-state index is 13.0. The van der Waals surface area contributed by atoms with Crippen molar-refractivity contribution in [1.29, 1.82) is 0 Å². The summed E-state index contributed by atoms with van der Waals surface area (Å²) in [6.45, 7) is 2.85. The molecule has 2 aromatic carbocycles. The highest BCUT2D eigenvalue weighted by atomic mass is 19.1. The van der Waals surface area contributed by atoms with Gasteiger partial charge in [-0.15, -0.1) is 0 Å². The largest absolute Gasteiger partial charge is 0.381 e. The van der Waals surface area contributed by atoms with Crippen molar-refractivity contribution < 1.29 is 4.39 Å². The third-order valence-corrected chi connectivity index (χ3v) is 3.16. The van der Waals surface area contributed by atoms with Gasteiger partial charge in [-0.05, 0) is 48.2 Å². The van der Waals surface area contributed by atoms with Crippen LogP contribution >= 0.6 is 0 Å².